The van der Waals surface area contributed by atoms with Crippen LogP contribution in [-0.2, 0) is 0 Å². The smallest absolute Gasteiger partial charge is 0.173 e. The topological polar surface area (TPSA) is 58.2 Å². The van der Waals surface area contributed by atoms with Gasteiger partial charge in [-0.2, -0.15) is 0 Å². The van der Waals surface area contributed by atoms with Gasteiger partial charge in [-0.1, -0.05) is 48.5 Å². The number of aryl methyl sites for hydroxylation is 1. The molecule has 0 saturated carbocycles. The number of anilines is 1. The second-order valence-corrected chi connectivity index (χ2v) is 9.81. The third-order valence-electron chi connectivity index (χ3n) is 7.47. The molecular weight excluding hydrogens is 476 g/mol. The van der Waals surface area contributed by atoms with Gasteiger partial charge in [-0.15, -0.1) is 5.48 Å². The summed E-state index contributed by atoms with van der Waals surface area (Å²) in [5, 5.41) is 3.25. The van der Waals surface area contributed by atoms with Gasteiger partial charge in [-0.3, -0.25) is 4.90 Å². The van der Waals surface area contributed by atoms with E-state index in [1.807, 2.05) is 19.2 Å². The van der Waals surface area contributed by atoms with Crippen LogP contribution < -0.4 is 30.0 Å². The number of nitrogens with zero attached hydrogens (tertiary/aromatic N) is 2. The van der Waals surface area contributed by atoms with E-state index >= 15 is 0 Å². The van der Waals surface area contributed by atoms with Crippen LogP contribution >= 0.6 is 0 Å². The number of nitrogens with one attached hydrogen (secondary N) is 2. The van der Waals surface area contributed by atoms with Crippen LogP contribution in [0.25, 0.3) is 0 Å². The maximum Gasteiger partial charge on any atom is 0.173 e. The third kappa shape index (κ3) is 6.59. The minimum atomic E-state index is -0.0294. The Morgan fingerprint density at radius 3 is 2.26 bits per heavy atom. The van der Waals surface area contributed by atoms with Gasteiger partial charge in [0.1, 0.15) is 0 Å². The number of piperazine rings is 1. The van der Waals surface area contributed by atoms with Crippen molar-refractivity contribution in [2.45, 2.75) is 32.4 Å². The Morgan fingerprint density at radius 1 is 0.842 bits per heavy atom. The molecule has 1 saturated heterocycles. The summed E-state index contributed by atoms with van der Waals surface area (Å²) in [6.45, 7) is 9.17. The molecule has 7 nitrogen and oxygen atoms in total. The van der Waals surface area contributed by atoms with Crippen molar-refractivity contribution in [3.8, 4) is 17.2 Å². The van der Waals surface area contributed by atoms with Crippen molar-refractivity contribution >= 4 is 5.69 Å². The van der Waals surface area contributed by atoms with E-state index in [1.54, 1.807) is 14.2 Å². The fourth-order valence-corrected chi connectivity index (χ4v) is 5.09. The van der Waals surface area contributed by atoms with E-state index in [2.05, 4.69) is 89.0 Å². The van der Waals surface area contributed by atoms with Crippen LogP contribution in [0.5, 0.6) is 17.2 Å². The molecule has 0 bridgehead atoms. The molecule has 0 amide bonds. The van der Waals surface area contributed by atoms with Crippen molar-refractivity contribution < 1.29 is 14.3 Å². The Hall–Kier alpha value is -3.26. The molecular formula is C31H42N4O3. The lowest BCUT2D eigenvalue weighted by molar-refractivity contribution is 0.148. The number of ether oxygens (including phenoxy) is 2. The van der Waals surface area contributed by atoms with Crippen LogP contribution in [0.3, 0.4) is 0 Å². The summed E-state index contributed by atoms with van der Waals surface area (Å²) in [6, 6.07) is 23.5. The van der Waals surface area contributed by atoms with E-state index < -0.39 is 0 Å². The molecule has 0 aliphatic carbocycles. The standard InChI is InChI=1S/C31H42N4O3/c1-23-10-9-13-28(35-20-18-34(19-21-35)24(2)25-11-7-6-8-12-25)31(23)38-33-27(16-17-32-3)26-14-15-29(36-4)30(22-26)37-5/h6-15,22,24,27,32-33H,16-21H2,1-5H3/t24-,27?/m1/s1. The second-order valence-electron chi connectivity index (χ2n) is 9.81. The second kappa shape index (κ2) is 13.5. The molecule has 0 radical (unpaired) electrons. The Labute approximate surface area is 227 Å². The normalized spacial score (nSPS) is 15.7. The molecule has 1 unspecified atom stereocenters. The molecule has 0 aromatic heterocycles. The zero-order valence-electron chi connectivity index (χ0n) is 23.4. The van der Waals surface area contributed by atoms with Crippen molar-refractivity contribution in [3.63, 3.8) is 0 Å². The van der Waals surface area contributed by atoms with Crippen LogP contribution in [0.1, 0.15) is 42.1 Å². The average molecular weight is 519 g/mol. The fourth-order valence-electron chi connectivity index (χ4n) is 5.09. The highest BCUT2D eigenvalue weighted by Gasteiger charge is 2.25. The molecule has 2 N–H and O–H groups in total. The quantitative estimate of drug-likeness (QED) is 0.323. The van der Waals surface area contributed by atoms with Gasteiger partial charge in [0.05, 0.1) is 25.9 Å². The molecule has 7 heteroatoms. The molecule has 0 spiro atoms. The first-order chi connectivity index (χ1) is 18.5. The van der Waals surface area contributed by atoms with E-state index in [1.165, 1.54) is 5.56 Å². The lowest BCUT2D eigenvalue weighted by Gasteiger charge is -2.40. The number of rotatable bonds is 12. The molecule has 1 heterocycles. The van der Waals surface area contributed by atoms with E-state index in [4.69, 9.17) is 14.3 Å². The summed E-state index contributed by atoms with van der Waals surface area (Å²) in [7, 11) is 5.28. The van der Waals surface area contributed by atoms with Gasteiger partial charge >= 0.3 is 0 Å². The van der Waals surface area contributed by atoms with E-state index in [0.717, 1.165) is 61.7 Å². The molecule has 1 aliphatic rings. The van der Waals surface area contributed by atoms with Crippen molar-refractivity contribution in [1.82, 2.24) is 15.7 Å². The minimum Gasteiger partial charge on any atom is -0.493 e. The number of para-hydroxylation sites is 1. The first kappa shape index (κ1) is 27.8. The van der Waals surface area contributed by atoms with E-state index in [-0.39, 0.29) is 6.04 Å². The Kier molecular flexibility index (Phi) is 9.87. The molecule has 1 aliphatic heterocycles. The number of hydroxylamine groups is 1. The van der Waals surface area contributed by atoms with Gasteiger partial charge in [0, 0.05) is 32.2 Å². The summed E-state index contributed by atoms with van der Waals surface area (Å²) in [4.78, 5) is 11.4. The number of hydrogen-bond donors (Lipinski definition) is 2. The lowest BCUT2D eigenvalue weighted by Crippen LogP contribution is -2.47. The van der Waals surface area contributed by atoms with Crippen molar-refractivity contribution in [2.24, 2.45) is 0 Å². The lowest BCUT2D eigenvalue weighted by atomic mass is 10.0. The van der Waals surface area contributed by atoms with E-state index in [0.29, 0.717) is 17.5 Å². The minimum absolute atomic E-state index is 0.0294. The molecule has 1 fully saturated rings. The van der Waals surface area contributed by atoms with Crippen molar-refractivity contribution in [3.05, 3.63) is 83.4 Å². The highest BCUT2D eigenvalue weighted by atomic mass is 16.6. The maximum atomic E-state index is 6.40. The maximum absolute atomic E-state index is 6.40. The van der Waals surface area contributed by atoms with Gasteiger partial charge in [-0.05, 0) is 68.8 Å². The Bertz CT molecular complexity index is 1150. The Morgan fingerprint density at radius 2 is 1.58 bits per heavy atom. The van der Waals surface area contributed by atoms with Crippen LogP contribution in [0.15, 0.2) is 66.7 Å². The Balaban J connectivity index is 1.47. The van der Waals surface area contributed by atoms with Gasteiger partial charge in [-0.25, -0.2) is 0 Å². The summed E-state index contributed by atoms with van der Waals surface area (Å²) in [6.07, 6.45) is 0.850. The molecule has 3 aromatic rings. The zero-order valence-corrected chi connectivity index (χ0v) is 23.4. The monoisotopic (exact) mass is 518 g/mol. The highest BCUT2D eigenvalue weighted by Crippen LogP contribution is 2.35. The first-order valence-corrected chi connectivity index (χ1v) is 13.5. The number of benzene rings is 3. The van der Waals surface area contributed by atoms with E-state index in [9.17, 15) is 0 Å². The van der Waals surface area contributed by atoms with Gasteiger partial charge in [0.15, 0.2) is 17.2 Å². The van der Waals surface area contributed by atoms with Crippen molar-refractivity contribution in [1.29, 1.82) is 0 Å². The van der Waals surface area contributed by atoms with Crippen LogP contribution in [-0.4, -0.2) is 58.9 Å². The molecule has 204 valence electrons. The summed E-state index contributed by atoms with van der Waals surface area (Å²) >= 11 is 0. The SMILES string of the molecule is CNCCC(NOc1c(C)cccc1N1CCN([C@H](C)c2ccccc2)CC1)c1ccc(OC)c(OC)c1. The average Bonchev–Trinajstić information content (AvgIpc) is 2.97. The third-order valence-corrected chi connectivity index (χ3v) is 7.47. The van der Waals surface area contributed by atoms with Crippen LogP contribution in [0.4, 0.5) is 5.69 Å². The highest BCUT2D eigenvalue weighted by molar-refractivity contribution is 5.62. The number of methoxy groups -OCH3 is 2. The summed E-state index contributed by atoms with van der Waals surface area (Å²) in [5.74, 6) is 2.30. The van der Waals surface area contributed by atoms with Crippen LogP contribution in [0.2, 0.25) is 0 Å². The predicted octanol–water partition coefficient (Wildman–Crippen LogP) is 5.13. The van der Waals surface area contributed by atoms with Crippen LogP contribution in [0, 0.1) is 6.92 Å². The molecule has 4 rings (SSSR count). The van der Waals surface area contributed by atoms with Crippen molar-refractivity contribution in [2.75, 3.05) is 58.9 Å². The molecule has 3 aromatic carbocycles. The predicted molar refractivity (Wildman–Crippen MR) is 154 cm³/mol. The summed E-state index contributed by atoms with van der Waals surface area (Å²) in [5.41, 5.74) is 8.05. The molecule has 2 atom stereocenters. The largest absolute Gasteiger partial charge is 0.493 e. The number of hydrogen-bond acceptors (Lipinski definition) is 7. The first-order valence-electron chi connectivity index (χ1n) is 13.5. The van der Waals surface area contributed by atoms with Gasteiger partial charge < -0.3 is 24.5 Å². The van der Waals surface area contributed by atoms with Gasteiger partial charge in [0.25, 0.3) is 0 Å². The molecule has 38 heavy (non-hydrogen) atoms. The van der Waals surface area contributed by atoms with Gasteiger partial charge in [0.2, 0.25) is 0 Å². The fraction of sp³-hybridized carbons (Fsp3) is 0.419. The summed E-state index contributed by atoms with van der Waals surface area (Å²) < 4.78 is 11.0. The zero-order chi connectivity index (χ0) is 26.9.